The molecule has 1 aromatic rings. The normalized spacial score (nSPS) is 17.9. The molecule has 5 nitrogen and oxygen atoms in total. The number of rotatable bonds is 2. The highest BCUT2D eigenvalue weighted by molar-refractivity contribution is 5.99. The number of hydrogen-bond donors (Lipinski definition) is 2. The number of likely N-dealkylation sites (tertiary alicyclic amines) is 1. The molecule has 98 valence electrons. The van der Waals surface area contributed by atoms with Crippen molar-refractivity contribution in [1.82, 2.24) is 9.88 Å². The van der Waals surface area contributed by atoms with Crippen molar-refractivity contribution >= 4 is 11.6 Å². The van der Waals surface area contributed by atoms with Crippen LogP contribution in [0.25, 0.3) is 0 Å². The topological polar surface area (TPSA) is 71.2 Å². The van der Waals surface area contributed by atoms with Gasteiger partial charge in [0.25, 0.3) is 5.91 Å². The van der Waals surface area contributed by atoms with E-state index in [4.69, 9.17) is 5.84 Å². The lowest BCUT2D eigenvalue weighted by atomic mass is 10.0. The summed E-state index contributed by atoms with van der Waals surface area (Å²) < 4.78 is 0. The molecule has 1 saturated heterocycles. The Bertz CT molecular complexity index is 470. The second kappa shape index (κ2) is 4.57. The second-order valence-electron chi connectivity index (χ2n) is 5.39. The number of hydrogen-bond acceptors (Lipinski definition) is 4. The van der Waals surface area contributed by atoms with Crippen LogP contribution >= 0.6 is 0 Å². The zero-order valence-electron chi connectivity index (χ0n) is 11.2. The Labute approximate surface area is 107 Å². The van der Waals surface area contributed by atoms with Gasteiger partial charge in [-0.05, 0) is 39.7 Å². The van der Waals surface area contributed by atoms with E-state index in [1.54, 1.807) is 12.3 Å². The Balaban J connectivity index is 2.34. The SMILES string of the molecule is Cc1cc(NN)c(C(=O)N2CCCC2(C)C)cn1. The van der Waals surface area contributed by atoms with Crippen molar-refractivity contribution in [3.05, 3.63) is 23.5 Å². The Morgan fingerprint density at radius 2 is 2.28 bits per heavy atom. The Kier molecular flexibility index (Phi) is 3.26. The van der Waals surface area contributed by atoms with Crippen LogP contribution in [0.5, 0.6) is 0 Å². The number of aryl methyl sites for hydroxylation is 1. The molecule has 0 saturated carbocycles. The van der Waals surface area contributed by atoms with Crippen molar-refractivity contribution in [3.63, 3.8) is 0 Å². The van der Waals surface area contributed by atoms with Gasteiger partial charge in [-0.1, -0.05) is 0 Å². The quantitative estimate of drug-likeness (QED) is 0.617. The van der Waals surface area contributed by atoms with Crippen molar-refractivity contribution in [1.29, 1.82) is 0 Å². The largest absolute Gasteiger partial charge is 0.333 e. The molecule has 0 atom stereocenters. The predicted molar refractivity (Wildman–Crippen MR) is 71.1 cm³/mol. The fourth-order valence-electron chi connectivity index (χ4n) is 2.48. The molecule has 2 rings (SSSR count). The van der Waals surface area contributed by atoms with Crippen LogP contribution in [0.3, 0.4) is 0 Å². The van der Waals surface area contributed by atoms with E-state index < -0.39 is 0 Å². The molecule has 1 amide bonds. The van der Waals surface area contributed by atoms with Gasteiger partial charge in [-0.2, -0.15) is 0 Å². The Morgan fingerprint density at radius 3 is 2.83 bits per heavy atom. The number of nitrogens with two attached hydrogens (primary N) is 1. The van der Waals surface area contributed by atoms with Crippen LogP contribution < -0.4 is 11.3 Å². The van der Waals surface area contributed by atoms with Crippen LogP contribution in [0.1, 0.15) is 42.7 Å². The zero-order chi connectivity index (χ0) is 13.3. The van der Waals surface area contributed by atoms with E-state index in [0.717, 1.165) is 25.1 Å². The molecule has 1 fully saturated rings. The molecule has 0 spiro atoms. The van der Waals surface area contributed by atoms with E-state index in [0.29, 0.717) is 11.3 Å². The number of nitrogens with one attached hydrogen (secondary N) is 1. The third-order valence-corrected chi connectivity index (χ3v) is 3.57. The number of anilines is 1. The van der Waals surface area contributed by atoms with Gasteiger partial charge < -0.3 is 10.3 Å². The molecular weight excluding hydrogens is 228 g/mol. The summed E-state index contributed by atoms with van der Waals surface area (Å²) in [5, 5.41) is 0. The van der Waals surface area contributed by atoms with Gasteiger partial charge in [-0.25, -0.2) is 0 Å². The number of amides is 1. The summed E-state index contributed by atoms with van der Waals surface area (Å²) in [5.41, 5.74) is 4.50. The smallest absolute Gasteiger partial charge is 0.258 e. The van der Waals surface area contributed by atoms with Gasteiger partial charge in [0.05, 0.1) is 11.3 Å². The summed E-state index contributed by atoms with van der Waals surface area (Å²) >= 11 is 0. The van der Waals surface area contributed by atoms with Crippen LogP contribution in [0, 0.1) is 6.92 Å². The number of pyridine rings is 1. The molecular formula is C13H20N4O. The van der Waals surface area contributed by atoms with Crippen LogP contribution in [0.4, 0.5) is 5.69 Å². The lowest BCUT2D eigenvalue weighted by Gasteiger charge is -2.32. The van der Waals surface area contributed by atoms with E-state index in [-0.39, 0.29) is 11.4 Å². The second-order valence-corrected chi connectivity index (χ2v) is 5.39. The molecule has 3 N–H and O–H groups in total. The number of carbonyl (C=O) groups excluding carboxylic acids is 1. The number of aromatic nitrogens is 1. The Morgan fingerprint density at radius 1 is 1.56 bits per heavy atom. The summed E-state index contributed by atoms with van der Waals surface area (Å²) in [6.07, 6.45) is 3.67. The van der Waals surface area contributed by atoms with Crippen LogP contribution in [0.2, 0.25) is 0 Å². The molecule has 18 heavy (non-hydrogen) atoms. The average molecular weight is 248 g/mol. The molecule has 0 bridgehead atoms. The van der Waals surface area contributed by atoms with Crippen LogP contribution in [-0.2, 0) is 0 Å². The van der Waals surface area contributed by atoms with Crippen molar-refractivity contribution in [2.45, 2.75) is 39.2 Å². The fourth-order valence-corrected chi connectivity index (χ4v) is 2.48. The Hall–Kier alpha value is -1.62. The maximum Gasteiger partial charge on any atom is 0.258 e. The van der Waals surface area contributed by atoms with Crippen molar-refractivity contribution in [2.75, 3.05) is 12.0 Å². The van der Waals surface area contributed by atoms with Crippen molar-refractivity contribution in [2.24, 2.45) is 5.84 Å². The van der Waals surface area contributed by atoms with Gasteiger partial charge in [0.15, 0.2) is 0 Å². The monoisotopic (exact) mass is 248 g/mol. The van der Waals surface area contributed by atoms with E-state index in [1.807, 2.05) is 11.8 Å². The summed E-state index contributed by atoms with van der Waals surface area (Å²) in [6, 6.07) is 1.79. The maximum absolute atomic E-state index is 12.5. The van der Waals surface area contributed by atoms with Gasteiger partial charge >= 0.3 is 0 Å². The highest BCUT2D eigenvalue weighted by Gasteiger charge is 2.36. The maximum atomic E-state index is 12.5. The van der Waals surface area contributed by atoms with Gasteiger partial charge in [0.1, 0.15) is 0 Å². The number of nitrogen functional groups attached to an aromatic ring is 1. The number of hydrazine groups is 1. The van der Waals surface area contributed by atoms with Gasteiger partial charge in [0.2, 0.25) is 0 Å². The molecule has 5 heteroatoms. The van der Waals surface area contributed by atoms with Gasteiger partial charge in [-0.3, -0.25) is 15.6 Å². The van der Waals surface area contributed by atoms with Crippen molar-refractivity contribution < 1.29 is 4.79 Å². The lowest BCUT2D eigenvalue weighted by Crippen LogP contribution is -2.43. The molecule has 1 aromatic heterocycles. The first kappa shape index (κ1) is 12.8. The molecule has 1 aliphatic heterocycles. The summed E-state index contributed by atoms with van der Waals surface area (Å²) in [4.78, 5) is 18.6. The molecule has 0 aliphatic carbocycles. The first-order valence-corrected chi connectivity index (χ1v) is 6.21. The predicted octanol–water partition coefficient (Wildman–Crippen LogP) is 1.69. The molecule has 0 unspecified atom stereocenters. The van der Waals surface area contributed by atoms with Gasteiger partial charge in [-0.15, -0.1) is 0 Å². The first-order chi connectivity index (χ1) is 8.45. The van der Waals surface area contributed by atoms with E-state index in [2.05, 4.69) is 24.3 Å². The first-order valence-electron chi connectivity index (χ1n) is 6.21. The van der Waals surface area contributed by atoms with E-state index in [9.17, 15) is 4.79 Å². The number of nitrogens with zero attached hydrogens (tertiary/aromatic N) is 2. The molecule has 2 heterocycles. The minimum absolute atomic E-state index is 0.00190. The third kappa shape index (κ3) is 2.18. The molecule has 0 radical (unpaired) electrons. The molecule has 0 aromatic carbocycles. The van der Waals surface area contributed by atoms with E-state index in [1.165, 1.54) is 0 Å². The number of carbonyl (C=O) groups is 1. The average Bonchev–Trinajstić information content (AvgIpc) is 2.68. The fraction of sp³-hybridized carbons (Fsp3) is 0.538. The molecule has 1 aliphatic rings. The highest BCUT2D eigenvalue weighted by Crippen LogP contribution is 2.31. The summed E-state index contributed by atoms with van der Waals surface area (Å²) in [5.74, 6) is 5.47. The standard InChI is InChI=1S/C13H20N4O/c1-9-7-11(16-14)10(8-15-9)12(18)17-6-4-5-13(17,2)3/h7-8H,4-6,14H2,1-3H3,(H,15,16). The minimum atomic E-state index is -0.0894. The van der Waals surface area contributed by atoms with E-state index >= 15 is 0 Å². The minimum Gasteiger partial charge on any atom is -0.333 e. The zero-order valence-corrected chi connectivity index (χ0v) is 11.2. The van der Waals surface area contributed by atoms with Crippen LogP contribution in [-0.4, -0.2) is 27.9 Å². The van der Waals surface area contributed by atoms with Crippen LogP contribution in [0.15, 0.2) is 12.3 Å². The summed E-state index contributed by atoms with van der Waals surface area (Å²) in [7, 11) is 0. The van der Waals surface area contributed by atoms with Crippen molar-refractivity contribution in [3.8, 4) is 0 Å². The van der Waals surface area contributed by atoms with Gasteiger partial charge in [0, 0.05) is 24.0 Å². The highest BCUT2D eigenvalue weighted by atomic mass is 16.2. The summed E-state index contributed by atoms with van der Waals surface area (Å²) in [6.45, 7) is 6.85. The lowest BCUT2D eigenvalue weighted by molar-refractivity contribution is 0.0652. The third-order valence-electron chi connectivity index (χ3n) is 3.57.